The van der Waals surface area contributed by atoms with Gasteiger partial charge < -0.3 is 14.6 Å². The van der Waals surface area contributed by atoms with Gasteiger partial charge in [-0.2, -0.15) is 0 Å². The monoisotopic (exact) mass is 378 g/mol. The Bertz CT molecular complexity index is 908. The predicted molar refractivity (Wildman–Crippen MR) is 108 cm³/mol. The molecule has 5 heteroatoms. The molecule has 146 valence electrons. The van der Waals surface area contributed by atoms with E-state index in [2.05, 4.69) is 29.5 Å². The number of hydrogen-bond donors (Lipinski definition) is 1. The van der Waals surface area contributed by atoms with Crippen LogP contribution in [-0.4, -0.2) is 11.1 Å². The molecule has 0 saturated carbocycles. The highest BCUT2D eigenvalue weighted by Crippen LogP contribution is 2.18. The molecule has 0 spiro atoms. The summed E-state index contributed by atoms with van der Waals surface area (Å²) in [7, 11) is 0. The highest BCUT2D eigenvalue weighted by atomic mass is 16.5. The average Bonchev–Trinajstić information content (AvgIpc) is 2.99. The summed E-state index contributed by atoms with van der Waals surface area (Å²) in [5.74, 6) is 1.52. The molecular weight excluding hydrogens is 352 g/mol. The molecule has 2 aromatic carbocycles. The molecule has 3 aromatic rings. The molecule has 0 bridgehead atoms. The Labute approximate surface area is 165 Å². The van der Waals surface area contributed by atoms with E-state index in [1.54, 1.807) is 0 Å². The predicted octanol–water partition coefficient (Wildman–Crippen LogP) is 4.60. The summed E-state index contributed by atoms with van der Waals surface area (Å²) in [5, 5.41) is 6.97. The molecule has 5 nitrogen and oxygen atoms in total. The zero-order valence-electron chi connectivity index (χ0n) is 16.8. The third-order valence-corrected chi connectivity index (χ3v) is 4.81. The topological polar surface area (TPSA) is 64.4 Å². The van der Waals surface area contributed by atoms with Crippen molar-refractivity contribution in [3.8, 4) is 5.75 Å². The largest absolute Gasteiger partial charge is 0.489 e. The normalized spacial score (nSPS) is 11.9. The van der Waals surface area contributed by atoms with Gasteiger partial charge in [-0.15, -0.1) is 0 Å². The van der Waals surface area contributed by atoms with E-state index in [0.717, 1.165) is 33.9 Å². The van der Waals surface area contributed by atoms with Crippen LogP contribution >= 0.6 is 0 Å². The molecule has 1 N–H and O–H groups in total. The molecule has 1 heterocycles. The van der Waals surface area contributed by atoms with Crippen LogP contribution in [0.1, 0.15) is 46.7 Å². The Kier molecular flexibility index (Phi) is 6.14. The van der Waals surface area contributed by atoms with Crippen molar-refractivity contribution in [3.63, 3.8) is 0 Å². The SMILES string of the molecule is Cc1ccc(C(C)NC(=O)Cc2ccc(OCc3c(C)noc3C)cc2)cc1. The fraction of sp³-hybridized carbons (Fsp3) is 0.304. The van der Waals surface area contributed by atoms with Crippen LogP contribution < -0.4 is 10.1 Å². The van der Waals surface area contributed by atoms with Crippen molar-refractivity contribution < 1.29 is 14.1 Å². The molecule has 0 fully saturated rings. The number of ether oxygens (including phenoxy) is 1. The molecule has 1 aromatic heterocycles. The summed E-state index contributed by atoms with van der Waals surface area (Å²) in [4.78, 5) is 12.3. The van der Waals surface area contributed by atoms with E-state index in [1.807, 2.05) is 57.2 Å². The van der Waals surface area contributed by atoms with Crippen LogP contribution in [0, 0.1) is 20.8 Å². The van der Waals surface area contributed by atoms with E-state index in [0.29, 0.717) is 13.0 Å². The lowest BCUT2D eigenvalue weighted by molar-refractivity contribution is -0.121. The van der Waals surface area contributed by atoms with Gasteiger partial charge in [0.1, 0.15) is 18.1 Å². The molecule has 0 saturated heterocycles. The maximum Gasteiger partial charge on any atom is 0.224 e. The summed E-state index contributed by atoms with van der Waals surface area (Å²) in [6, 6.07) is 15.8. The van der Waals surface area contributed by atoms with Gasteiger partial charge in [0.05, 0.1) is 23.7 Å². The van der Waals surface area contributed by atoms with Crippen LogP contribution in [0.5, 0.6) is 5.75 Å². The number of nitrogens with one attached hydrogen (secondary N) is 1. The molecule has 28 heavy (non-hydrogen) atoms. The quantitative estimate of drug-likeness (QED) is 0.653. The number of carbonyl (C=O) groups is 1. The number of nitrogens with zero attached hydrogens (tertiary/aromatic N) is 1. The van der Waals surface area contributed by atoms with E-state index in [1.165, 1.54) is 5.56 Å². The second kappa shape index (κ2) is 8.74. The van der Waals surface area contributed by atoms with Crippen molar-refractivity contribution in [1.29, 1.82) is 0 Å². The Hall–Kier alpha value is -3.08. The van der Waals surface area contributed by atoms with Gasteiger partial charge in [0.2, 0.25) is 5.91 Å². The fourth-order valence-corrected chi connectivity index (χ4v) is 2.98. The zero-order chi connectivity index (χ0) is 20.1. The van der Waals surface area contributed by atoms with Crippen LogP contribution in [0.4, 0.5) is 0 Å². The molecule has 0 radical (unpaired) electrons. The van der Waals surface area contributed by atoms with Gasteiger partial charge in [0, 0.05) is 0 Å². The number of aryl methyl sites for hydroxylation is 3. The molecule has 0 aliphatic heterocycles. The standard InChI is InChI=1S/C23H26N2O3/c1-15-5-9-20(10-6-15)16(2)24-23(26)13-19-7-11-21(12-8-19)27-14-22-17(3)25-28-18(22)4/h5-12,16H,13-14H2,1-4H3,(H,24,26). The minimum absolute atomic E-state index is 0.00235. The van der Waals surface area contributed by atoms with Gasteiger partial charge in [-0.1, -0.05) is 47.1 Å². The first-order valence-corrected chi connectivity index (χ1v) is 9.42. The van der Waals surface area contributed by atoms with Gasteiger partial charge >= 0.3 is 0 Å². The second-order valence-electron chi connectivity index (χ2n) is 7.11. The number of carbonyl (C=O) groups excluding carboxylic acids is 1. The van der Waals surface area contributed by atoms with Crippen molar-refractivity contribution in [1.82, 2.24) is 10.5 Å². The summed E-state index contributed by atoms with van der Waals surface area (Å²) < 4.78 is 10.9. The van der Waals surface area contributed by atoms with Crippen molar-refractivity contribution >= 4 is 5.91 Å². The molecule has 0 aliphatic carbocycles. The van der Waals surface area contributed by atoms with Gasteiger partial charge in [-0.05, 0) is 51.0 Å². The third kappa shape index (κ3) is 5.00. The van der Waals surface area contributed by atoms with Crippen LogP contribution in [0.25, 0.3) is 0 Å². The summed E-state index contributed by atoms with van der Waals surface area (Å²) >= 11 is 0. The summed E-state index contributed by atoms with van der Waals surface area (Å²) in [6.45, 7) is 8.23. The van der Waals surface area contributed by atoms with Crippen LogP contribution in [-0.2, 0) is 17.8 Å². The smallest absolute Gasteiger partial charge is 0.224 e. The lowest BCUT2D eigenvalue weighted by atomic mass is 10.1. The molecule has 0 aliphatic rings. The molecule has 3 rings (SSSR count). The highest BCUT2D eigenvalue weighted by Gasteiger charge is 2.11. The van der Waals surface area contributed by atoms with E-state index in [9.17, 15) is 4.79 Å². The van der Waals surface area contributed by atoms with Gasteiger partial charge in [0.25, 0.3) is 0 Å². The maximum atomic E-state index is 12.3. The summed E-state index contributed by atoms with van der Waals surface area (Å²) in [6.07, 6.45) is 0.334. The van der Waals surface area contributed by atoms with Crippen molar-refractivity contribution in [2.45, 2.75) is 46.8 Å². The second-order valence-corrected chi connectivity index (χ2v) is 7.11. The van der Waals surface area contributed by atoms with Crippen LogP contribution in [0.2, 0.25) is 0 Å². The van der Waals surface area contributed by atoms with Gasteiger partial charge in [-0.3, -0.25) is 4.79 Å². The fourth-order valence-electron chi connectivity index (χ4n) is 2.98. The third-order valence-electron chi connectivity index (χ3n) is 4.81. The van der Waals surface area contributed by atoms with Gasteiger partial charge in [0.15, 0.2) is 0 Å². The number of hydrogen-bond acceptors (Lipinski definition) is 4. The van der Waals surface area contributed by atoms with Crippen molar-refractivity contribution in [2.24, 2.45) is 0 Å². The first-order chi connectivity index (χ1) is 13.4. The Morgan fingerprint density at radius 2 is 1.75 bits per heavy atom. The Balaban J connectivity index is 1.52. The Morgan fingerprint density at radius 3 is 2.36 bits per heavy atom. The lowest BCUT2D eigenvalue weighted by Crippen LogP contribution is -2.28. The van der Waals surface area contributed by atoms with Crippen molar-refractivity contribution in [2.75, 3.05) is 0 Å². The Morgan fingerprint density at radius 1 is 1.07 bits per heavy atom. The first-order valence-electron chi connectivity index (χ1n) is 9.42. The lowest BCUT2D eigenvalue weighted by Gasteiger charge is -2.15. The average molecular weight is 378 g/mol. The maximum absolute atomic E-state index is 12.3. The van der Waals surface area contributed by atoms with E-state index in [4.69, 9.17) is 9.26 Å². The molecule has 1 atom stereocenters. The van der Waals surface area contributed by atoms with E-state index in [-0.39, 0.29) is 11.9 Å². The zero-order valence-corrected chi connectivity index (χ0v) is 16.8. The van der Waals surface area contributed by atoms with Crippen LogP contribution in [0.3, 0.4) is 0 Å². The van der Waals surface area contributed by atoms with Crippen molar-refractivity contribution in [3.05, 3.63) is 82.2 Å². The highest BCUT2D eigenvalue weighted by molar-refractivity contribution is 5.79. The van der Waals surface area contributed by atoms with Gasteiger partial charge in [-0.25, -0.2) is 0 Å². The van der Waals surface area contributed by atoms with E-state index < -0.39 is 0 Å². The summed E-state index contributed by atoms with van der Waals surface area (Å²) in [5.41, 5.74) is 5.06. The van der Waals surface area contributed by atoms with E-state index >= 15 is 0 Å². The number of amides is 1. The minimum atomic E-state index is -0.0224. The number of benzene rings is 2. The molecule has 1 amide bonds. The number of aromatic nitrogens is 1. The molecule has 1 unspecified atom stereocenters. The minimum Gasteiger partial charge on any atom is -0.489 e. The van der Waals surface area contributed by atoms with Crippen LogP contribution in [0.15, 0.2) is 53.1 Å². The first kappa shape index (κ1) is 19.7. The molecular formula is C23H26N2O3. The number of rotatable bonds is 7.